The highest BCUT2D eigenvalue weighted by Gasteiger charge is 2.13. The predicted octanol–water partition coefficient (Wildman–Crippen LogP) is 4.59. The smallest absolute Gasteiger partial charge is 0.331 e. The number of ketones is 1. The fraction of sp³-hybridized carbons (Fsp3) is 0.174. The summed E-state index contributed by atoms with van der Waals surface area (Å²) in [4.78, 5) is 24.3. The van der Waals surface area contributed by atoms with Gasteiger partial charge in [-0.1, -0.05) is 29.8 Å². The van der Waals surface area contributed by atoms with Gasteiger partial charge in [0.25, 0.3) is 0 Å². The summed E-state index contributed by atoms with van der Waals surface area (Å²) >= 11 is 6.03. The lowest BCUT2D eigenvalue weighted by molar-refractivity contribution is -0.136. The number of carbonyl (C=O) groups excluding carboxylic acids is 2. The first-order valence-corrected chi connectivity index (χ1v) is 9.61. The first kappa shape index (κ1) is 21.3. The van der Waals surface area contributed by atoms with Crippen LogP contribution in [-0.4, -0.2) is 35.2 Å². The van der Waals surface area contributed by atoms with Crippen molar-refractivity contribution in [3.8, 4) is 11.4 Å². The second-order valence-electron chi connectivity index (χ2n) is 6.55. The quantitative estimate of drug-likeness (QED) is 0.315. The van der Waals surface area contributed by atoms with Gasteiger partial charge < -0.3 is 9.47 Å². The summed E-state index contributed by atoms with van der Waals surface area (Å²) in [5.41, 5.74) is 3.78. The molecule has 0 atom stereocenters. The van der Waals surface area contributed by atoms with E-state index in [1.54, 1.807) is 18.2 Å². The van der Waals surface area contributed by atoms with Crippen molar-refractivity contribution >= 4 is 29.4 Å². The number of esters is 1. The van der Waals surface area contributed by atoms with E-state index in [2.05, 4.69) is 5.10 Å². The Balaban J connectivity index is 1.65. The van der Waals surface area contributed by atoms with E-state index in [-0.39, 0.29) is 12.4 Å². The van der Waals surface area contributed by atoms with Crippen LogP contribution in [0.1, 0.15) is 27.3 Å². The van der Waals surface area contributed by atoms with E-state index < -0.39 is 5.97 Å². The maximum Gasteiger partial charge on any atom is 0.331 e. The van der Waals surface area contributed by atoms with Crippen molar-refractivity contribution in [2.45, 2.75) is 13.8 Å². The Hall–Kier alpha value is -3.38. The molecule has 6 nitrogen and oxygen atoms in total. The van der Waals surface area contributed by atoms with Crippen LogP contribution in [0, 0.1) is 13.8 Å². The number of aryl methyl sites for hydroxylation is 1. The van der Waals surface area contributed by atoms with Crippen molar-refractivity contribution in [1.29, 1.82) is 0 Å². The maximum absolute atomic E-state index is 12.2. The molecular weight excluding hydrogens is 404 g/mol. The maximum atomic E-state index is 12.2. The Morgan fingerprint density at radius 1 is 1.13 bits per heavy atom. The van der Waals surface area contributed by atoms with E-state index in [1.165, 1.54) is 19.3 Å². The lowest BCUT2D eigenvalue weighted by Crippen LogP contribution is -2.12. The lowest BCUT2D eigenvalue weighted by atomic mass is 10.1. The van der Waals surface area contributed by atoms with Gasteiger partial charge in [-0.3, -0.25) is 4.79 Å². The zero-order valence-corrected chi connectivity index (χ0v) is 17.6. The molecule has 0 saturated heterocycles. The third-order valence-corrected chi connectivity index (χ3v) is 4.85. The Morgan fingerprint density at radius 2 is 1.87 bits per heavy atom. The van der Waals surface area contributed by atoms with E-state index in [4.69, 9.17) is 21.1 Å². The lowest BCUT2D eigenvalue weighted by Gasteiger charge is -2.06. The molecule has 0 bridgehead atoms. The number of para-hydroxylation sites is 1. The molecule has 3 aromatic rings. The number of carbonyl (C=O) groups is 2. The number of benzene rings is 2. The van der Waals surface area contributed by atoms with Crippen LogP contribution in [0.4, 0.5) is 0 Å². The minimum absolute atomic E-state index is 0.316. The monoisotopic (exact) mass is 424 g/mol. The van der Waals surface area contributed by atoms with Gasteiger partial charge in [0.1, 0.15) is 5.75 Å². The number of hydrogen-bond donors (Lipinski definition) is 0. The number of ether oxygens (including phenoxy) is 2. The van der Waals surface area contributed by atoms with Gasteiger partial charge in [0, 0.05) is 22.9 Å². The first-order chi connectivity index (χ1) is 14.4. The number of nitrogens with zero attached hydrogens (tertiary/aromatic N) is 2. The van der Waals surface area contributed by atoms with Gasteiger partial charge in [0.05, 0.1) is 23.5 Å². The second-order valence-corrected chi connectivity index (χ2v) is 6.95. The summed E-state index contributed by atoms with van der Waals surface area (Å²) in [5, 5.41) is 4.85. The molecule has 30 heavy (non-hydrogen) atoms. The van der Waals surface area contributed by atoms with Crippen LogP contribution in [0.2, 0.25) is 5.02 Å². The third kappa shape index (κ3) is 4.78. The number of halogens is 1. The van der Waals surface area contributed by atoms with Crippen molar-refractivity contribution in [1.82, 2.24) is 9.78 Å². The predicted molar refractivity (Wildman–Crippen MR) is 115 cm³/mol. The van der Waals surface area contributed by atoms with Gasteiger partial charge in [0.2, 0.25) is 0 Å². The molecule has 1 aromatic heterocycles. The molecule has 0 aliphatic heterocycles. The molecule has 154 valence electrons. The van der Waals surface area contributed by atoms with Crippen molar-refractivity contribution in [3.63, 3.8) is 0 Å². The largest absolute Gasteiger partial charge is 0.495 e. The summed E-state index contributed by atoms with van der Waals surface area (Å²) in [6, 6.07) is 14.4. The highest BCUT2D eigenvalue weighted by Crippen LogP contribution is 2.25. The minimum atomic E-state index is -0.616. The molecule has 3 rings (SSSR count). The molecule has 0 aliphatic rings. The number of methoxy groups -OCH3 is 1. The third-order valence-electron chi connectivity index (χ3n) is 4.55. The van der Waals surface area contributed by atoms with E-state index >= 15 is 0 Å². The molecule has 0 amide bonds. The molecule has 1 heterocycles. The fourth-order valence-electron chi connectivity index (χ4n) is 2.98. The molecule has 0 unspecified atom stereocenters. The Kier molecular flexibility index (Phi) is 6.69. The summed E-state index contributed by atoms with van der Waals surface area (Å²) in [6.45, 7) is 3.41. The SMILES string of the molecule is COc1ccc(C(=O)COC(=O)/C=C/c2c(C)nn(-c3ccccc3)c2C)cc1Cl. The van der Waals surface area contributed by atoms with Crippen molar-refractivity contribution < 1.29 is 19.1 Å². The summed E-state index contributed by atoms with van der Waals surface area (Å²) in [6.07, 6.45) is 2.94. The Bertz CT molecular complexity index is 1100. The normalized spacial score (nSPS) is 10.9. The van der Waals surface area contributed by atoms with Gasteiger partial charge in [-0.15, -0.1) is 0 Å². The van der Waals surface area contributed by atoms with Gasteiger partial charge in [-0.25, -0.2) is 9.48 Å². The Morgan fingerprint density at radius 3 is 2.53 bits per heavy atom. The minimum Gasteiger partial charge on any atom is -0.495 e. The van der Waals surface area contributed by atoms with Gasteiger partial charge in [-0.05, 0) is 50.3 Å². The average molecular weight is 425 g/mol. The summed E-state index contributed by atoms with van der Waals surface area (Å²) < 4.78 is 11.9. The van der Waals surface area contributed by atoms with Gasteiger partial charge >= 0.3 is 5.97 Å². The number of aromatic nitrogens is 2. The molecule has 0 radical (unpaired) electrons. The zero-order valence-electron chi connectivity index (χ0n) is 16.9. The highest BCUT2D eigenvalue weighted by atomic mass is 35.5. The zero-order chi connectivity index (χ0) is 21.7. The van der Waals surface area contributed by atoms with Gasteiger partial charge in [0.15, 0.2) is 12.4 Å². The van der Waals surface area contributed by atoms with E-state index in [0.717, 1.165) is 22.6 Å². The molecule has 0 spiro atoms. The van der Waals surface area contributed by atoms with Crippen LogP contribution >= 0.6 is 11.6 Å². The van der Waals surface area contributed by atoms with Crippen LogP contribution in [0.5, 0.6) is 5.75 Å². The number of hydrogen-bond acceptors (Lipinski definition) is 5. The summed E-state index contributed by atoms with van der Waals surface area (Å²) in [5.74, 6) is -0.505. The number of Topliss-reactive ketones (excluding diaryl/α,β-unsaturated/α-hetero) is 1. The van der Waals surface area contributed by atoms with E-state index in [0.29, 0.717) is 16.3 Å². The Labute approximate surface area is 179 Å². The highest BCUT2D eigenvalue weighted by molar-refractivity contribution is 6.32. The number of rotatable bonds is 7. The van der Waals surface area contributed by atoms with Crippen molar-refractivity contribution in [2.24, 2.45) is 0 Å². The van der Waals surface area contributed by atoms with E-state index in [1.807, 2.05) is 48.9 Å². The molecule has 0 saturated carbocycles. The van der Waals surface area contributed by atoms with Crippen LogP contribution in [0.15, 0.2) is 54.6 Å². The van der Waals surface area contributed by atoms with Crippen molar-refractivity contribution in [2.75, 3.05) is 13.7 Å². The van der Waals surface area contributed by atoms with Crippen LogP contribution < -0.4 is 4.74 Å². The van der Waals surface area contributed by atoms with Gasteiger partial charge in [-0.2, -0.15) is 5.10 Å². The topological polar surface area (TPSA) is 70.4 Å². The van der Waals surface area contributed by atoms with Crippen LogP contribution in [0.3, 0.4) is 0 Å². The fourth-order valence-corrected chi connectivity index (χ4v) is 3.23. The standard InChI is InChI=1S/C23H21ClN2O4/c1-15-19(16(2)26(25-15)18-7-5-4-6-8-18)10-12-23(28)30-14-21(27)17-9-11-22(29-3)20(24)13-17/h4-13H,14H2,1-3H3/b12-10+. The second kappa shape index (κ2) is 9.41. The first-order valence-electron chi connectivity index (χ1n) is 9.24. The van der Waals surface area contributed by atoms with Crippen LogP contribution in [0.25, 0.3) is 11.8 Å². The van der Waals surface area contributed by atoms with E-state index in [9.17, 15) is 9.59 Å². The molecule has 0 fully saturated rings. The molecular formula is C23H21ClN2O4. The molecule has 0 aliphatic carbocycles. The average Bonchev–Trinajstić information content (AvgIpc) is 3.04. The summed E-state index contributed by atoms with van der Waals surface area (Å²) in [7, 11) is 1.49. The molecule has 2 aromatic carbocycles. The van der Waals surface area contributed by atoms with Crippen LogP contribution in [-0.2, 0) is 9.53 Å². The molecule has 7 heteroatoms. The van der Waals surface area contributed by atoms with Crippen molar-refractivity contribution in [3.05, 3.63) is 82.1 Å². The molecule has 0 N–H and O–H groups in total.